The number of likely N-dealkylation sites (tertiary alicyclic amines) is 1. The summed E-state index contributed by atoms with van der Waals surface area (Å²) in [5.41, 5.74) is 0.408. The predicted octanol–water partition coefficient (Wildman–Crippen LogP) is 1.74. The van der Waals surface area contributed by atoms with Gasteiger partial charge in [0.25, 0.3) is 0 Å². The number of piperidine rings is 1. The molecule has 9 heteroatoms. The standard InChI is InChI=1S/C17H25N3O5S/c1-4-25-16(21)13-8-10-20(11-9-13)17(22)18-14-6-5-7-15(12-14)26(23,24)19(2)3/h5-7,12-13H,4,8-11H2,1-3H3,(H,18,22). The van der Waals surface area contributed by atoms with E-state index in [1.807, 2.05) is 0 Å². The minimum atomic E-state index is -3.57. The molecule has 0 radical (unpaired) electrons. The van der Waals surface area contributed by atoms with E-state index in [0.29, 0.717) is 38.2 Å². The van der Waals surface area contributed by atoms with Crippen LogP contribution in [0.4, 0.5) is 10.5 Å². The Morgan fingerprint density at radius 2 is 1.92 bits per heavy atom. The lowest BCUT2D eigenvalue weighted by molar-refractivity contribution is -0.149. The summed E-state index contributed by atoms with van der Waals surface area (Å²) in [4.78, 5) is 25.9. The van der Waals surface area contributed by atoms with Gasteiger partial charge >= 0.3 is 12.0 Å². The van der Waals surface area contributed by atoms with Crippen LogP contribution in [0.25, 0.3) is 0 Å². The van der Waals surface area contributed by atoms with Gasteiger partial charge in [-0.3, -0.25) is 4.79 Å². The second kappa shape index (κ2) is 8.50. The number of urea groups is 1. The van der Waals surface area contributed by atoms with Crippen molar-refractivity contribution in [2.75, 3.05) is 39.1 Å². The molecule has 0 atom stereocenters. The molecule has 0 saturated carbocycles. The SMILES string of the molecule is CCOC(=O)C1CCN(C(=O)Nc2cccc(S(=O)(=O)N(C)C)c2)CC1. The van der Waals surface area contributed by atoms with Gasteiger partial charge in [-0.1, -0.05) is 6.07 Å². The zero-order chi connectivity index (χ0) is 19.3. The fourth-order valence-electron chi connectivity index (χ4n) is 2.73. The highest BCUT2D eigenvalue weighted by molar-refractivity contribution is 7.89. The molecule has 2 rings (SSSR count). The first-order valence-electron chi connectivity index (χ1n) is 8.51. The fraction of sp³-hybridized carbons (Fsp3) is 0.529. The number of carbonyl (C=O) groups excluding carboxylic acids is 2. The van der Waals surface area contributed by atoms with Gasteiger partial charge in [0, 0.05) is 32.9 Å². The molecule has 0 bridgehead atoms. The maximum Gasteiger partial charge on any atom is 0.321 e. The number of carbonyl (C=O) groups is 2. The average molecular weight is 383 g/mol. The quantitative estimate of drug-likeness (QED) is 0.782. The molecule has 2 amide bonds. The number of nitrogens with zero attached hydrogens (tertiary/aromatic N) is 2. The molecule has 1 aliphatic rings. The Bertz CT molecular complexity index is 755. The van der Waals surface area contributed by atoms with Crippen LogP contribution in [-0.2, 0) is 19.6 Å². The first kappa shape index (κ1) is 20.2. The van der Waals surface area contributed by atoms with E-state index in [9.17, 15) is 18.0 Å². The van der Waals surface area contributed by atoms with Gasteiger partial charge in [-0.25, -0.2) is 17.5 Å². The average Bonchev–Trinajstić information content (AvgIpc) is 2.62. The van der Waals surface area contributed by atoms with Gasteiger partial charge < -0.3 is 15.0 Å². The predicted molar refractivity (Wildman–Crippen MR) is 97.3 cm³/mol. The molecule has 1 aromatic carbocycles. The van der Waals surface area contributed by atoms with Crippen LogP contribution in [0.3, 0.4) is 0 Å². The molecule has 1 aliphatic heterocycles. The Hall–Kier alpha value is -2.13. The molecule has 26 heavy (non-hydrogen) atoms. The van der Waals surface area contributed by atoms with Crippen molar-refractivity contribution in [1.82, 2.24) is 9.21 Å². The van der Waals surface area contributed by atoms with Crippen LogP contribution in [0.1, 0.15) is 19.8 Å². The van der Waals surface area contributed by atoms with Crippen LogP contribution >= 0.6 is 0 Å². The molecule has 1 aromatic rings. The first-order valence-corrected chi connectivity index (χ1v) is 9.95. The molecule has 0 aliphatic carbocycles. The molecule has 0 spiro atoms. The monoisotopic (exact) mass is 383 g/mol. The van der Waals surface area contributed by atoms with Crippen molar-refractivity contribution in [3.8, 4) is 0 Å². The minimum Gasteiger partial charge on any atom is -0.466 e. The van der Waals surface area contributed by atoms with Gasteiger partial charge in [-0.15, -0.1) is 0 Å². The normalized spacial score (nSPS) is 15.8. The van der Waals surface area contributed by atoms with E-state index >= 15 is 0 Å². The molecule has 1 fully saturated rings. The Labute approximate surface area is 154 Å². The topological polar surface area (TPSA) is 96.0 Å². The number of rotatable bonds is 5. The Morgan fingerprint density at radius 1 is 1.27 bits per heavy atom. The van der Waals surface area contributed by atoms with Crippen molar-refractivity contribution in [2.24, 2.45) is 5.92 Å². The summed E-state index contributed by atoms with van der Waals surface area (Å²) < 4.78 is 30.5. The number of sulfonamides is 1. The number of amides is 2. The van der Waals surface area contributed by atoms with Crippen LogP contribution in [-0.4, -0.2) is 63.4 Å². The molecule has 8 nitrogen and oxygen atoms in total. The summed E-state index contributed by atoms with van der Waals surface area (Å²) in [7, 11) is -0.660. The number of hydrogen-bond acceptors (Lipinski definition) is 5. The molecular weight excluding hydrogens is 358 g/mol. The Morgan fingerprint density at radius 3 is 2.50 bits per heavy atom. The lowest BCUT2D eigenvalue weighted by atomic mass is 9.97. The molecule has 144 valence electrons. The van der Waals surface area contributed by atoms with Crippen molar-refractivity contribution in [3.05, 3.63) is 24.3 Å². The van der Waals surface area contributed by atoms with Crippen LogP contribution in [0.15, 0.2) is 29.2 Å². The van der Waals surface area contributed by atoms with Crippen LogP contribution < -0.4 is 5.32 Å². The number of hydrogen-bond donors (Lipinski definition) is 1. The summed E-state index contributed by atoms with van der Waals surface area (Å²) in [6.45, 7) is 3.02. The van der Waals surface area contributed by atoms with Gasteiger partial charge in [0.15, 0.2) is 0 Å². The van der Waals surface area contributed by atoms with E-state index < -0.39 is 10.0 Å². The molecule has 1 N–H and O–H groups in total. The third-order valence-electron chi connectivity index (χ3n) is 4.27. The van der Waals surface area contributed by atoms with Crippen molar-refractivity contribution in [1.29, 1.82) is 0 Å². The maximum absolute atomic E-state index is 12.4. The highest BCUT2D eigenvalue weighted by Crippen LogP contribution is 2.21. The summed E-state index contributed by atoms with van der Waals surface area (Å²) in [6, 6.07) is 5.82. The van der Waals surface area contributed by atoms with Crippen molar-refractivity contribution in [2.45, 2.75) is 24.7 Å². The Kier molecular flexibility index (Phi) is 6.60. The molecular formula is C17H25N3O5S. The third-order valence-corrected chi connectivity index (χ3v) is 6.08. The molecule has 1 heterocycles. The van der Waals surface area contributed by atoms with Gasteiger partial charge in [0.1, 0.15) is 0 Å². The van der Waals surface area contributed by atoms with E-state index in [2.05, 4.69) is 5.32 Å². The second-order valence-corrected chi connectivity index (χ2v) is 8.41. The molecule has 1 saturated heterocycles. The van der Waals surface area contributed by atoms with E-state index in [1.165, 1.54) is 26.2 Å². The maximum atomic E-state index is 12.4. The lowest BCUT2D eigenvalue weighted by Crippen LogP contribution is -2.42. The van der Waals surface area contributed by atoms with Crippen molar-refractivity contribution < 1.29 is 22.7 Å². The van der Waals surface area contributed by atoms with Crippen LogP contribution in [0, 0.1) is 5.92 Å². The highest BCUT2D eigenvalue weighted by atomic mass is 32.2. The van der Waals surface area contributed by atoms with E-state index in [0.717, 1.165) is 4.31 Å². The fourth-order valence-corrected chi connectivity index (χ4v) is 3.67. The van der Waals surface area contributed by atoms with Gasteiger partial charge in [0.05, 0.1) is 17.4 Å². The minimum absolute atomic E-state index is 0.112. The zero-order valence-electron chi connectivity index (χ0n) is 15.3. The van der Waals surface area contributed by atoms with Gasteiger partial charge in [-0.2, -0.15) is 0 Å². The first-order chi connectivity index (χ1) is 12.3. The number of anilines is 1. The smallest absolute Gasteiger partial charge is 0.321 e. The van der Waals surface area contributed by atoms with Crippen LogP contribution in [0.5, 0.6) is 0 Å². The van der Waals surface area contributed by atoms with E-state index in [4.69, 9.17) is 4.74 Å². The van der Waals surface area contributed by atoms with E-state index in [1.54, 1.807) is 24.0 Å². The summed E-state index contributed by atoms with van der Waals surface area (Å²) in [6.07, 6.45) is 1.11. The van der Waals surface area contributed by atoms with Gasteiger partial charge in [0.2, 0.25) is 10.0 Å². The molecule has 0 aromatic heterocycles. The summed E-state index contributed by atoms with van der Waals surface area (Å²) in [5.74, 6) is -0.387. The second-order valence-electron chi connectivity index (χ2n) is 6.26. The summed E-state index contributed by atoms with van der Waals surface area (Å²) >= 11 is 0. The largest absolute Gasteiger partial charge is 0.466 e. The van der Waals surface area contributed by atoms with E-state index in [-0.39, 0.29) is 22.8 Å². The van der Waals surface area contributed by atoms with Crippen molar-refractivity contribution >= 4 is 27.7 Å². The van der Waals surface area contributed by atoms with Crippen LogP contribution in [0.2, 0.25) is 0 Å². The van der Waals surface area contributed by atoms with Crippen molar-refractivity contribution in [3.63, 3.8) is 0 Å². The zero-order valence-corrected chi connectivity index (χ0v) is 16.1. The third kappa shape index (κ3) is 4.73. The molecule has 0 unspecified atom stereocenters. The lowest BCUT2D eigenvalue weighted by Gasteiger charge is -2.30. The number of esters is 1. The highest BCUT2D eigenvalue weighted by Gasteiger charge is 2.28. The Balaban J connectivity index is 1.98. The van der Waals surface area contributed by atoms with Gasteiger partial charge in [-0.05, 0) is 38.0 Å². The number of ether oxygens (including phenoxy) is 1. The number of benzene rings is 1. The summed E-state index contributed by atoms with van der Waals surface area (Å²) in [5, 5.41) is 2.72. The number of nitrogens with one attached hydrogen (secondary N) is 1.